The average Bonchev–Trinajstić information content (AvgIpc) is 2.42. The van der Waals surface area contributed by atoms with Crippen LogP contribution in [0.1, 0.15) is 5.56 Å². The van der Waals surface area contributed by atoms with Crippen LogP contribution in [0.4, 0.5) is 10.1 Å². The second kappa shape index (κ2) is 5.50. The Morgan fingerprint density at radius 1 is 1.20 bits per heavy atom. The molecule has 2 aromatic rings. The standard InChI is InChI=1S/C14H14FNO3S/c1-19-13-4-2-3-5-14(13)20(17,18)9-10-6-7-11(16)8-12(10)15/h2-8H,9,16H2,1H3. The summed E-state index contributed by atoms with van der Waals surface area (Å²) in [6.45, 7) is 0. The van der Waals surface area contributed by atoms with Crippen LogP contribution in [0.15, 0.2) is 47.4 Å². The van der Waals surface area contributed by atoms with Crippen LogP contribution in [0.3, 0.4) is 0 Å². The van der Waals surface area contributed by atoms with Crippen molar-refractivity contribution in [3.63, 3.8) is 0 Å². The molecule has 2 rings (SSSR count). The lowest BCUT2D eigenvalue weighted by Crippen LogP contribution is -2.08. The van der Waals surface area contributed by atoms with Gasteiger partial charge in [-0.3, -0.25) is 0 Å². The largest absolute Gasteiger partial charge is 0.495 e. The number of methoxy groups -OCH3 is 1. The zero-order valence-corrected chi connectivity index (χ0v) is 11.7. The smallest absolute Gasteiger partial charge is 0.186 e. The van der Waals surface area contributed by atoms with Gasteiger partial charge in [0.05, 0.1) is 12.9 Å². The van der Waals surface area contributed by atoms with Gasteiger partial charge < -0.3 is 10.5 Å². The molecular formula is C14H14FNO3S. The Morgan fingerprint density at radius 3 is 2.55 bits per heavy atom. The molecule has 0 atom stereocenters. The average molecular weight is 295 g/mol. The van der Waals surface area contributed by atoms with E-state index in [0.717, 1.165) is 6.07 Å². The number of benzene rings is 2. The summed E-state index contributed by atoms with van der Waals surface area (Å²) in [5.41, 5.74) is 5.76. The molecule has 106 valence electrons. The topological polar surface area (TPSA) is 69.4 Å². The van der Waals surface area contributed by atoms with Gasteiger partial charge in [0.1, 0.15) is 16.5 Å². The van der Waals surface area contributed by atoms with E-state index < -0.39 is 21.4 Å². The summed E-state index contributed by atoms with van der Waals surface area (Å²) in [5.74, 6) is -0.841. The van der Waals surface area contributed by atoms with Gasteiger partial charge in [-0.05, 0) is 24.3 Å². The number of halogens is 1. The maximum atomic E-state index is 13.7. The quantitative estimate of drug-likeness (QED) is 0.879. The normalized spacial score (nSPS) is 11.3. The van der Waals surface area contributed by atoms with E-state index in [1.165, 1.54) is 25.3 Å². The highest BCUT2D eigenvalue weighted by atomic mass is 32.2. The minimum Gasteiger partial charge on any atom is -0.495 e. The van der Waals surface area contributed by atoms with Crippen LogP contribution in [0.5, 0.6) is 5.75 Å². The van der Waals surface area contributed by atoms with Gasteiger partial charge in [0.25, 0.3) is 0 Å². The van der Waals surface area contributed by atoms with Crippen molar-refractivity contribution in [3.05, 3.63) is 53.8 Å². The van der Waals surface area contributed by atoms with Crippen LogP contribution < -0.4 is 10.5 Å². The highest BCUT2D eigenvalue weighted by Crippen LogP contribution is 2.27. The maximum absolute atomic E-state index is 13.7. The molecule has 0 saturated heterocycles. The first-order valence-electron chi connectivity index (χ1n) is 5.84. The lowest BCUT2D eigenvalue weighted by atomic mass is 10.2. The Bertz CT molecular complexity index is 729. The molecule has 6 heteroatoms. The third-order valence-corrected chi connectivity index (χ3v) is 4.53. The van der Waals surface area contributed by atoms with Crippen LogP contribution in [0.2, 0.25) is 0 Å². The number of hydrogen-bond acceptors (Lipinski definition) is 4. The Balaban J connectivity index is 2.41. The van der Waals surface area contributed by atoms with Crippen LogP contribution in [-0.2, 0) is 15.6 Å². The summed E-state index contributed by atoms with van der Waals surface area (Å²) < 4.78 is 43.4. The Kier molecular flexibility index (Phi) is 3.94. The molecule has 0 aliphatic heterocycles. The van der Waals surface area contributed by atoms with Gasteiger partial charge in [-0.2, -0.15) is 0 Å². The molecular weight excluding hydrogens is 281 g/mol. The fourth-order valence-corrected chi connectivity index (χ4v) is 3.38. The predicted octanol–water partition coefficient (Wildman–Crippen LogP) is 2.39. The molecule has 0 saturated carbocycles. The van der Waals surface area contributed by atoms with E-state index in [1.54, 1.807) is 18.2 Å². The van der Waals surface area contributed by atoms with Gasteiger partial charge in [-0.15, -0.1) is 0 Å². The lowest BCUT2D eigenvalue weighted by Gasteiger charge is -2.10. The molecule has 0 aliphatic rings. The fourth-order valence-electron chi connectivity index (χ4n) is 1.84. The number of nitrogens with two attached hydrogens (primary N) is 1. The maximum Gasteiger partial charge on any atom is 0.186 e. The van der Waals surface area contributed by atoms with E-state index in [2.05, 4.69) is 0 Å². The molecule has 0 aliphatic carbocycles. The molecule has 4 nitrogen and oxygen atoms in total. The number of ether oxygens (including phenoxy) is 1. The van der Waals surface area contributed by atoms with E-state index >= 15 is 0 Å². The van der Waals surface area contributed by atoms with Gasteiger partial charge in [-0.1, -0.05) is 18.2 Å². The number of nitrogen functional groups attached to an aromatic ring is 1. The van der Waals surface area contributed by atoms with Gasteiger partial charge in [0.2, 0.25) is 0 Å². The zero-order chi connectivity index (χ0) is 14.8. The molecule has 20 heavy (non-hydrogen) atoms. The highest BCUT2D eigenvalue weighted by molar-refractivity contribution is 7.90. The van der Waals surface area contributed by atoms with Crippen molar-refractivity contribution in [2.75, 3.05) is 12.8 Å². The van der Waals surface area contributed by atoms with E-state index in [4.69, 9.17) is 10.5 Å². The minimum absolute atomic E-state index is 0.0405. The number of rotatable bonds is 4. The van der Waals surface area contributed by atoms with Crippen LogP contribution >= 0.6 is 0 Å². The number of hydrogen-bond donors (Lipinski definition) is 1. The van der Waals surface area contributed by atoms with Crippen LogP contribution in [0.25, 0.3) is 0 Å². The lowest BCUT2D eigenvalue weighted by molar-refractivity contribution is 0.402. The van der Waals surface area contributed by atoms with E-state index in [0.29, 0.717) is 0 Å². The highest BCUT2D eigenvalue weighted by Gasteiger charge is 2.21. The monoisotopic (exact) mass is 295 g/mol. The third kappa shape index (κ3) is 2.91. The molecule has 0 amide bonds. The molecule has 2 aromatic carbocycles. The predicted molar refractivity (Wildman–Crippen MR) is 74.7 cm³/mol. The van der Waals surface area contributed by atoms with E-state index in [-0.39, 0.29) is 21.9 Å². The molecule has 2 N–H and O–H groups in total. The van der Waals surface area contributed by atoms with Crippen molar-refractivity contribution in [1.82, 2.24) is 0 Å². The van der Waals surface area contributed by atoms with Crippen LogP contribution in [-0.4, -0.2) is 15.5 Å². The van der Waals surface area contributed by atoms with Gasteiger partial charge in [-0.25, -0.2) is 12.8 Å². The van der Waals surface area contributed by atoms with Gasteiger partial charge >= 0.3 is 0 Å². The summed E-state index contributed by atoms with van der Waals surface area (Å²) in [5, 5.41) is 0. The third-order valence-electron chi connectivity index (χ3n) is 2.83. The first-order valence-corrected chi connectivity index (χ1v) is 7.49. The summed E-state index contributed by atoms with van der Waals surface area (Å²) in [6, 6.07) is 10.2. The first-order chi connectivity index (χ1) is 9.44. The fraction of sp³-hybridized carbons (Fsp3) is 0.143. The Morgan fingerprint density at radius 2 is 1.90 bits per heavy atom. The number of para-hydroxylation sites is 1. The Labute approximate surface area is 116 Å². The van der Waals surface area contributed by atoms with Crippen molar-refractivity contribution >= 4 is 15.5 Å². The van der Waals surface area contributed by atoms with Crippen molar-refractivity contribution < 1.29 is 17.5 Å². The van der Waals surface area contributed by atoms with E-state index in [9.17, 15) is 12.8 Å². The first kappa shape index (κ1) is 14.3. The van der Waals surface area contributed by atoms with Gasteiger partial charge in [0, 0.05) is 11.3 Å². The molecule has 0 bridgehead atoms. The number of sulfone groups is 1. The van der Waals surface area contributed by atoms with Crippen molar-refractivity contribution in [2.24, 2.45) is 0 Å². The molecule has 0 radical (unpaired) electrons. The summed E-state index contributed by atoms with van der Waals surface area (Å²) in [7, 11) is -2.31. The van der Waals surface area contributed by atoms with Crippen molar-refractivity contribution in [2.45, 2.75) is 10.6 Å². The second-order valence-electron chi connectivity index (χ2n) is 4.26. The van der Waals surface area contributed by atoms with Crippen molar-refractivity contribution in [1.29, 1.82) is 0 Å². The van der Waals surface area contributed by atoms with Crippen molar-refractivity contribution in [3.8, 4) is 5.75 Å². The molecule has 0 spiro atoms. The number of anilines is 1. The van der Waals surface area contributed by atoms with Gasteiger partial charge in [0.15, 0.2) is 9.84 Å². The Hall–Kier alpha value is -2.08. The summed E-state index contributed by atoms with van der Waals surface area (Å²) in [6.07, 6.45) is 0. The second-order valence-corrected chi connectivity index (χ2v) is 6.22. The SMILES string of the molecule is COc1ccccc1S(=O)(=O)Cc1ccc(N)cc1F. The van der Waals surface area contributed by atoms with E-state index in [1.807, 2.05) is 0 Å². The summed E-state index contributed by atoms with van der Waals surface area (Å²) >= 11 is 0. The molecule has 0 unspecified atom stereocenters. The molecule has 0 aromatic heterocycles. The zero-order valence-electron chi connectivity index (χ0n) is 10.8. The van der Waals surface area contributed by atoms with Crippen LogP contribution in [0, 0.1) is 5.82 Å². The molecule has 0 heterocycles. The molecule has 0 fully saturated rings. The summed E-state index contributed by atoms with van der Waals surface area (Å²) in [4.78, 5) is 0.0405. The minimum atomic E-state index is -3.70.